The van der Waals surface area contributed by atoms with Crippen LogP contribution in [0.1, 0.15) is 20.7 Å². The highest BCUT2D eigenvalue weighted by Crippen LogP contribution is 2.14. The maximum Gasteiger partial charge on any atom is 0.0722 e. The van der Waals surface area contributed by atoms with Gasteiger partial charge in [0.25, 0.3) is 0 Å². The number of hydrogen-bond donors (Lipinski definition) is 0. The first-order valence-electron chi connectivity index (χ1n) is 3.24. The van der Waals surface area contributed by atoms with Gasteiger partial charge in [-0.25, -0.2) is 0 Å². The Balaban J connectivity index is 3.35. The predicted octanol–water partition coefficient (Wildman–Crippen LogP) is -0.933. The Bertz CT molecular complexity index is 372. The molecule has 0 saturated carbocycles. The average Bonchev–Trinajstić information content (AvgIpc) is 2.03. The fourth-order valence-electron chi connectivity index (χ4n) is 0.863. The zero-order valence-electron chi connectivity index (χ0n) is 6.24. The van der Waals surface area contributed by atoms with Gasteiger partial charge in [0.05, 0.1) is 11.9 Å². The average molecular weight is 199 g/mol. The molecule has 1 aromatic rings. The van der Waals surface area contributed by atoms with Gasteiger partial charge in [-0.15, -0.1) is 0 Å². The highest BCUT2D eigenvalue weighted by molar-refractivity contribution is 6.31. The second kappa shape index (κ2) is 3.45. The number of carbonyl (C=O) groups is 2. The lowest BCUT2D eigenvalue weighted by Gasteiger charge is -2.10. The van der Waals surface area contributed by atoms with E-state index in [-0.39, 0.29) is 5.02 Å². The van der Waals surface area contributed by atoms with E-state index in [0.29, 0.717) is 0 Å². The number of carboxylic acids is 2. The summed E-state index contributed by atoms with van der Waals surface area (Å²) in [6.45, 7) is 0. The molecule has 1 aromatic carbocycles. The van der Waals surface area contributed by atoms with Gasteiger partial charge in [-0.1, -0.05) is 17.7 Å². The Morgan fingerprint density at radius 1 is 1.08 bits per heavy atom. The quantitative estimate of drug-likeness (QED) is 0.615. The van der Waals surface area contributed by atoms with Gasteiger partial charge in [0, 0.05) is 16.1 Å². The van der Waals surface area contributed by atoms with E-state index in [0.717, 1.165) is 12.1 Å². The van der Waals surface area contributed by atoms with Crippen LogP contribution >= 0.6 is 11.6 Å². The summed E-state index contributed by atoms with van der Waals surface area (Å²) < 4.78 is 0. The molecule has 13 heavy (non-hydrogen) atoms. The minimum atomic E-state index is -1.60. The van der Waals surface area contributed by atoms with Crippen molar-refractivity contribution >= 4 is 23.5 Å². The number of benzene rings is 1. The first-order valence-corrected chi connectivity index (χ1v) is 3.62. The molecule has 0 spiro atoms. The molecule has 0 aromatic heterocycles. The Morgan fingerprint density at radius 3 is 2.08 bits per heavy atom. The molecule has 0 aliphatic rings. The van der Waals surface area contributed by atoms with Crippen molar-refractivity contribution in [3.8, 4) is 0 Å². The van der Waals surface area contributed by atoms with Crippen LogP contribution in [0.5, 0.6) is 0 Å². The molecule has 0 amide bonds. The van der Waals surface area contributed by atoms with Gasteiger partial charge in [-0.05, 0) is 12.1 Å². The van der Waals surface area contributed by atoms with Gasteiger partial charge in [-0.3, -0.25) is 0 Å². The van der Waals surface area contributed by atoms with Crippen LogP contribution in [0.4, 0.5) is 0 Å². The van der Waals surface area contributed by atoms with Gasteiger partial charge >= 0.3 is 0 Å². The lowest BCUT2D eigenvalue weighted by Crippen LogP contribution is -2.29. The van der Waals surface area contributed by atoms with Gasteiger partial charge in [0.15, 0.2) is 0 Å². The molecule has 0 N–H and O–H groups in total. The summed E-state index contributed by atoms with van der Waals surface area (Å²) in [6.07, 6.45) is 0. The van der Waals surface area contributed by atoms with E-state index in [4.69, 9.17) is 11.6 Å². The summed E-state index contributed by atoms with van der Waals surface area (Å²) in [5.74, 6) is -3.17. The molecule has 1 rings (SSSR count). The zero-order valence-corrected chi connectivity index (χ0v) is 7.00. The minimum absolute atomic E-state index is 0.129. The van der Waals surface area contributed by atoms with Crippen molar-refractivity contribution in [3.05, 3.63) is 34.3 Å². The smallest absolute Gasteiger partial charge is 0.0722 e. The number of hydrogen-bond acceptors (Lipinski definition) is 4. The maximum atomic E-state index is 10.4. The Morgan fingerprint density at radius 2 is 1.62 bits per heavy atom. The topological polar surface area (TPSA) is 80.3 Å². The first-order chi connectivity index (χ1) is 6.02. The second-order valence-electron chi connectivity index (χ2n) is 2.26. The van der Waals surface area contributed by atoms with E-state index in [2.05, 4.69) is 0 Å². The van der Waals surface area contributed by atoms with Crippen molar-refractivity contribution in [2.24, 2.45) is 0 Å². The zero-order chi connectivity index (χ0) is 10.0. The number of aromatic carboxylic acids is 2. The molecular formula is C8H3ClO4-2. The second-order valence-corrected chi connectivity index (χ2v) is 2.70. The van der Waals surface area contributed by atoms with Crippen LogP contribution in [0.15, 0.2) is 18.2 Å². The molecule has 0 heterocycles. The van der Waals surface area contributed by atoms with E-state index in [1.54, 1.807) is 0 Å². The molecule has 0 aliphatic heterocycles. The molecule has 68 valence electrons. The van der Waals surface area contributed by atoms with Crippen molar-refractivity contribution in [2.45, 2.75) is 0 Å². The van der Waals surface area contributed by atoms with Crippen molar-refractivity contribution in [2.75, 3.05) is 0 Å². The number of carboxylic acid groups (broad SMARTS) is 2. The van der Waals surface area contributed by atoms with Crippen LogP contribution in [0.3, 0.4) is 0 Å². The molecule has 0 aliphatic carbocycles. The van der Waals surface area contributed by atoms with Gasteiger partial charge in [-0.2, -0.15) is 0 Å². The maximum absolute atomic E-state index is 10.4. The third kappa shape index (κ3) is 1.97. The lowest BCUT2D eigenvalue weighted by atomic mass is 10.1. The van der Waals surface area contributed by atoms with Crippen molar-refractivity contribution in [1.82, 2.24) is 0 Å². The molecule has 4 nitrogen and oxygen atoms in total. The highest BCUT2D eigenvalue weighted by atomic mass is 35.5. The van der Waals surface area contributed by atoms with Crippen LogP contribution in [0.2, 0.25) is 5.02 Å². The minimum Gasteiger partial charge on any atom is -0.545 e. The Hall–Kier alpha value is -1.55. The van der Waals surface area contributed by atoms with Crippen LogP contribution < -0.4 is 10.2 Å². The molecule has 0 bridgehead atoms. The summed E-state index contributed by atoms with van der Waals surface area (Å²) in [5, 5.41) is 20.9. The number of halogens is 1. The molecular weight excluding hydrogens is 196 g/mol. The SMILES string of the molecule is O=C([O-])c1ccc(Cl)cc1C(=O)[O-]. The molecule has 5 heteroatoms. The molecule has 0 saturated heterocycles. The fourth-order valence-corrected chi connectivity index (χ4v) is 1.04. The van der Waals surface area contributed by atoms with Crippen LogP contribution in [-0.4, -0.2) is 11.9 Å². The summed E-state index contributed by atoms with van der Waals surface area (Å²) in [5.41, 5.74) is -0.920. The molecule has 0 atom stereocenters. The van der Waals surface area contributed by atoms with Crippen molar-refractivity contribution < 1.29 is 19.8 Å². The summed E-state index contributed by atoms with van der Waals surface area (Å²) >= 11 is 5.46. The number of carbonyl (C=O) groups excluding carboxylic acids is 2. The standard InChI is InChI=1S/C8H5ClO4/c9-4-1-2-5(7(10)11)6(3-4)8(12)13/h1-3H,(H,10,11)(H,12,13)/p-2. The van der Waals surface area contributed by atoms with Gasteiger partial charge in [0.2, 0.25) is 0 Å². The third-order valence-corrected chi connectivity index (χ3v) is 1.66. The van der Waals surface area contributed by atoms with E-state index >= 15 is 0 Å². The normalized spacial score (nSPS) is 9.62. The van der Waals surface area contributed by atoms with Crippen LogP contribution in [0.25, 0.3) is 0 Å². The lowest BCUT2D eigenvalue weighted by molar-refractivity contribution is -0.259. The summed E-state index contributed by atoms with van der Waals surface area (Å²) in [4.78, 5) is 20.8. The monoisotopic (exact) mass is 198 g/mol. The highest BCUT2D eigenvalue weighted by Gasteiger charge is 2.04. The largest absolute Gasteiger partial charge is 0.545 e. The van der Waals surface area contributed by atoms with E-state index < -0.39 is 23.1 Å². The predicted molar refractivity (Wildman–Crippen MR) is 40.1 cm³/mol. The van der Waals surface area contributed by atoms with E-state index in [1.807, 2.05) is 0 Å². The summed E-state index contributed by atoms with van der Waals surface area (Å²) in [7, 11) is 0. The third-order valence-electron chi connectivity index (χ3n) is 1.42. The first kappa shape index (κ1) is 9.54. The van der Waals surface area contributed by atoms with Crippen LogP contribution in [0, 0.1) is 0 Å². The molecule has 0 radical (unpaired) electrons. The number of rotatable bonds is 2. The summed E-state index contributed by atoms with van der Waals surface area (Å²) in [6, 6.07) is 3.32. The van der Waals surface area contributed by atoms with E-state index in [1.165, 1.54) is 6.07 Å². The van der Waals surface area contributed by atoms with Crippen molar-refractivity contribution in [1.29, 1.82) is 0 Å². The Labute approximate surface area is 78.4 Å². The Kier molecular flexibility index (Phi) is 2.53. The fraction of sp³-hybridized carbons (Fsp3) is 0. The molecule has 0 unspecified atom stereocenters. The van der Waals surface area contributed by atoms with E-state index in [9.17, 15) is 19.8 Å². The van der Waals surface area contributed by atoms with Crippen molar-refractivity contribution in [3.63, 3.8) is 0 Å². The van der Waals surface area contributed by atoms with Crippen LogP contribution in [-0.2, 0) is 0 Å². The molecule has 0 fully saturated rings. The van der Waals surface area contributed by atoms with Gasteiger partial charge < -0.3 is 19.8 Å². The van der Waals surface area contributed by atoms with Gasteiger partial charge in [0.1, 0.15) is 0 Å².